The van der Waals surface area contributed by atoms with E-state index < -0.39 is 34.3 Å². The van der Waals surface area contributed by atoms with E-state index in [4.69, 9.17) is 11.6 Å². The normalized spacial score (nSPS) is 12.1. The average molecular weight is 523 g/mol. The molecule has 0 radical (unpaired) electrons. The summed E-state index contributed by atoms with van der Waals surface area (Å²) in [5.74, 6) is -1.23. The molecule has 0 aliphatic carbocycles. The van der Waals surface area contributed by atoms with Gasteiger partial charge in [-0.2, -0.15) is 0 Å². The third-order valence-electron chi connectivity index (χ3n) is 5.66. The molecule has 5 nitrogen and oxygen atoms in total. The Morgan fingerprint density at radius 2 is 1.47 bits per heavy atom. The van der Waals surface area contributed by atoms with Crippen molar-refractivity contribution in [2.45, 2.75) is 17.9 Å². The number of hydrogen-bond donors (Lipinski definition) is 1. The Labute approximate surface area is 215 Å². The summed E-state index contributed by atoms with van der Waals surface area (Å²) in [6.07, 6.45) is 0. The Kier molecular flexibility index (Phi) is 7.72. The zero-order valence-corrected chi connectivity index (χ0v) is 21.0. The molecule has 0 saturated heterocycles. The highest BCUT2D eigenvalue weighted by Crippen LogP contribution is 2.28. The zero-order chi connectivity index (χ0) is 25.7. The maximum atomic E-state index is 13.8. The number of carbonyl (C=O) groups excluding carboxylic acids is 1. The van der Waals surface area contributed by atoms with Gasteiger partial charge in [-0.05, 0) is 48.4 Å². The van der Waals surface area contributed by atoms with Gasteiger partial charge in [0.15, 0.2) is 0 Å². The molecule has 1 N–H and O–H groups in total. The molecule has 0 bridgehead atoms. The van der Waals surface area contributed by atoms with Crippen LogP contribution in [0.3, 0.4) is 0 Å². The first-order chi connectivity index (χ1) is 17.3. The van der Waals surface area contributed by atoms with Crippen LogP contribution in [0.15, 0.2) is 108 Å². The Hall–Kier alpha value is -3.68. The molecule has 0 fully saturated rings. The van der Waals surface area contributed by atoms with Crippen LogP contribution in [0.1, 0.15) is 22.7 Å². The second kappa shape index (κ2) is 10.9. The predicted molar refractivity (Wildman–Crippen MR) is 140 cm³/mol. The largest absolute Gasteiger partial charge is 0.344 e. The molecular formula is C28H24ClFN2O3S. The summed E-state index contributed by atoms with van der Waals surface area (Å²) in [6, 6.07) is 27.9. The molecule has 4 aromatic rings. The first-order valence-corrected chi connectivity index (χ1v) is 13.0. The van der Waals surface area contributed by atoms with Gasteiger partial charge in [0, 0.05) is 0 Å². The molecule has 0 aliphatic heterocycles. The van der Waals surface area contributed by atoms with Crippen molar-refractivity contribution >= 4 is 33.2 Å². The van der Waals surface area contributed by atoms with Gasteiger partial charge in [0.25, 0.3) is 10.0 Å². The fourth-order valence-corrected chi connectivity index (χ4v) is 5.38. The van der Waals surface area contributed by atoms with Crippen LogP contribution in [-0.4, -0.2) is 20.9 Å². The number of amides is 1. The SMILES string of the molecule is Cc1ccc(C(NC(=O)CN(c2ccc(F)c(Cl)c2)S(=O)(=O)c2ccccc2)c2ccccc2)cc1. The molecule has 36 heavy (non-hydrogen) atoms. The summed E-state index contributed by atoms with van der Waals surface area (Å²) >= 11 is 5.95. The van der Waals surface area contributed by atoms with E-state index in [9.17, 15) is 17.6 Å². The smallest absolute Gasteiger partial charge is 0.264 e. The zero-order valence-electron chi connectivity index (χ0n) is 19.4. The Bertz CT molecular complexity index is 1450. The van der Waals surface area contributed by atoms with Crippen LogP contribution in [0.4, 0.5) is 10.1 Å². The standard InChI is InChI=1S/C28H24ClFN2O3S/c1-20-12-14-22(15-13-20)28(21-8-4-2-5-9-21)31-27(33)19-32(23-16-17-26(30)25(29)18-23)36(34,35)24-10-6-3-7-11-24/h2-18,28H,19H2,1H3,(H,31,33). The summed E-state index contributed by atoms with van der Waals surface area (Å²) in [5, 5.41) is 2.72. The Balaban J connectivity index is 1.69. The minimum Gasteiger partial charge on any atom is -0.344 e. The van der Waals surface area contributed by atoms with E-state index in [0.29, 0.717) is 0 Å². The molecule has 0 heterocycles. The number of nitrogens with one attached hydrogen (secondary N) is 1. The quantitative estimate of drug-likeness (QED) is 0.314. The number of anilines is 1. The molecule has 4 rings (SSSR count). The fraction of sp³-hybridized carbons (Fsp3) is 0.107. The highest BCUT2D eigenvalue weighted by molar-refractivity contribution is 7.92. The molecule has 0 spiro atoms. The summed E-state index contributed by atoms with van der Waals surface area (Å²) in [5.41, 5.74) is 2.84. The van der Waals surface area contributed by atoms with Crippen LogP contribution in [0.2, 0.25) is 5.02 Å². The van der Waals surface area contributed by atoms with Gasteiger partial charge in [-0.15, -0.1) is 0 Å². The van der Waals surface area contributed by atoms with Gasteiger partial charge in [0.05, 0.1) is 21.6 Å². The molecule has 4 aromatic carbocycles. The predicted octanol–water partition coefficient (Wildman–Crippen LogP) is 5.89. The van der Waals surface area contributed by atoms with E-state index in [1.165, 1.54) is 24.3 Å². The van der Waals surface area contributed by atoms with Gasteiger partial charge in [0.1, 0.15) is 12.4 Å². The van der Waals surface area contributed by atoms with E-state index in [2.05, 4.69) is 5.32 Å². The van der Waals surface area contributed by atoms with Gasteiger partial charge in [-0.1, -0.05) is 90.0 Å². The molecule has 1 atom stereocenters. The van der Waals surface area contributed by atoms with Crippen molar-refractivity contribution in [3.8, 4) is 0 Å². The summed E-state index contributed by atoms with van der Waals surface area (Å²) in [4.78, 5) is 13.4. The average Bonchev–Trinajstić information content (AvgIpc) is 2.89. The van der Waals surface area contributed by atoms with Gasteiger partial charge in [0.2, 0.25) is 5.91 Å². The van der Waals surface area contributed by atoms with Crippen molar-refractivity contribution < 1.29 is 17.6 Å². The molecule has 8 heteroatoms. The monoisotopic (exact) mass is 522 g/mol. The van der Waals surface area contributed by atoms with Crippen LogP contribution in [0, 0.1) is 12.7 Å². The van der Waals surface area contributed by atoms with Gasteiger partial charge < -0.3 is 5.32 Å². The van der Waals surface area contributed by atoms with Crippen LogP contribution >= 0.6 is 11.6 Å². The van der Waals surface area contributed by atoms with Crippen molar-refractivity contribution in [2.24, 2.45) is 0 Å². The lowest BCUT2D eigenvalue weighted by atomic mass is 9.98. The van der Waals surface area contributed by atoms with Crippen molar-refractivity contribution in [3.63, 3.8) is 0 Å². The number of hydrogen-bond acceptors (Lipinski definition) is 3. The molecule has 0 saturated carbocycles. The van der Waals surface area contributed by atoms with Crippen molar-refractivity contribution in [3.05, 3.63) is 131 Å². The molecule has 1 unspecified atom stereocenters. The Morgan fingerprint density at radius 3 is 2.08 bits per heavy atom. The molecule has 1 amide bonds. The lowest BCUT2D eigenvalue weighted by Crippen LogP contribution is -2.42. The van der Waals surface area contributed by atoms with Crippen molar-refractivity contribution in [1.82, 2.24) is 5.32 Å². The van der Waals surface area contributed by atoms with E-state index in [-0.39, 0.29) is 15.6 Å². The maximum Gasteiger partial charge on any atom is 0.264 e. The second-order valence-corrected chi connectivity index (χ2v) is 10.5. The fourth-order valence-electron chi connectivity index (χ4n) is 3.78. The second-order valence-electron chi connectivity index (χ2n) is 8.25. The number of carbonyl (C=O) groups is 1. The van der Waals surface area contributed by atoms with Crippen LogP contribution < -0.4 is 9.62 Å². The van der Waals surface area contributed by atoms with Crippen LogP contribution in [0.5, 0.6) is 0 Å². The summed E-state index contributed by atoms with van der Waals surface area (Å²) in [6.45, 7) is 1.44. The Morgan fingerprint density at radius 1 is 0.889 bits per heavy atom. The third-order valence-corrected chi connectivity index (χ3v) is 7.74. The lowest BCUT2D eigenvalue weighted by Gasteiger charge is -2.26. The summed E-state index contributed by atoms with van der Waals surface area (Å²) in [7, 11) is -4.16. The first-order valence-electron chi connectivity index (χ1n) is 11.2. The highest BCUT2D eigenvalue weighted by atomic mass is 35.5. The number of aryl methyl sites for hydroxylation is 1. The minimum absolute atomic E-state index is 0.00334. The third kappa shape index (κ3) is 5.75. The molecule has 0 aliphatic rings. The number of halogens is 2. The van der Waals surface area contributed by atoms with E-state index in [1.54, 1.807) is 18.2 Å². The highest BCUT2D eigenvalue weighted by Gasteiger charge is 2.29. The molecule has 184 valence electrons. The van der Waals surface area contributed by atoms with E-state index in [1.807, 2.05) is 61.5 Å². The molecular weight excluding hydrogens is 499 g/mol. The topological polar surface area (TPSA) is 66.5 Å². The van der Waals surface area contributed by atoms with Crippen molar-refractivity contribution in [2.75, 3.05) is 10.8 Å². The number of benzene rings is 4. The van der Waals surface area contributed by atoms with Crippen molar-refractivity contribution in [1.29, 1.82) is 0 Å². The van der Waals surface area contributed by atoms with Gasteiger partial charge in [-0.25, -0.2) is 12.8 Å². The van der Waals surface area contributed by atoms with E-state index in [0.717, 1.165) is 27.1 Å². The summed E-state index contributed by atoms with van der Waals surface area (Å²) < 4.78 is 41.8. The van der Waals surface area contributed by atoms with E-state index >= 15 is 0 Å². The van der Waals surface area contributed by atoms with Gasteiger partial charge in [-0.3, -0.25) is 9.10 Å². The number of rotatable bonds is 8. The minimum atomic E-state index is -4.16. The lowest BCUT2D eigenvalue weighted by molar-refractivity contribution is -0.120. The van der Waals surface area contributed by atoms with Crippen LogP contribution in [0.25, 0.3) is 0 Å². The van der Waals surface area contributed by atoms with Gasteiger partial charge >= 0.3 is 0 Å². The maximum absolute atomic E-state index is 13.8. The molecule has 0 aromatic heterocycles. The number of sulfonamides is 1. The number of nitrogens with zero attached hydrogens (tertiary/aromatic N) is 1. The first kappa shape index (κ1) is 25.4. The van der Waals surface area contributed by atoms with Crippen LogP contribution in [-0.2, 0) is 14.8 Å².